The van der Waals surface area contributed by atoms with Gasteiger partial charge in [0.05, 0.1) is 35.9 Å². The molecule has 0 atom stereocenters. The molecule has 3 amide bonds. The van der Waals surface area contributed by atoms with Crippen LogP contribution in [0.1, 0.15) is 16.8 Å². The number of nitrogens with two attached hydrogens (primary N) is 1. The first-order valence-electron chi connectivity index (χ1n) is 12.5. The normalized spacial score (nSPS) is 12.3. The van der Waals surface area contributed by atoms with E-state index in [9.17, 15) is 9.59 Å². The van der Waals surface area contributed by atoms with Gasteiger partial charge in [-0.25, -0.2) is 4.79 Å². The van der Waals surface area contributed by atoms with Gasteiger partial charge in [0.25, 0.3) is 5.91 Å². The molecule has 9 nitrogen and oxygen atoms in total. The number of anilines is 3. The molecular formula is C30H29N7O2. The standard InChI is InChI=1S/C30H29N7O2/c1-37(2)30(39)36-24-13-21(15-32-16-24)20-8-11-27-25(14-20)28(26(31)18-34-27)29(38)35-23-10-9-22(33-17-23)12-19-6-4-3-5-7-19/h3-11,13-17,34H,12,18,31H2,1-2H3,(H,35,38)(H,36,39). The Labute approximate surface area is 226 Å². The number of nitrogens with zero attached hydrogens (tertiary/aromatic N) is 3. The molecule has 0 bridgehead atoms. The third-order valence-corrected chi connectivity index (χ3v) is 6.35. The number of nitrogens with one attached hydrogen (secondary N) is 3. The van der Waals surface area contributed by atoms with Crippen LogP contribution in [0, 0.1) is 0 Å². The topological polar surface area (TPSA) is 125 Å². The number of hydrogen-bond donors (Lipinski definition) is 4. The molecule has 0 fully saturated rings. The monoisotopic (exact) mass is 519 g/mol. The molecule has 0 saturated heterocycles. The lowest BCUT2D eigenvalue weighted by molar-refractivity contribution is -0.111. The molecule has 5 rings (SSSR count). The molecule has 5 N–H and O–H groups in total. The Morgan fingerprint density at radius 2 is 1.74 bits per heavy atom. The highest BCUT2D eigenvalue weighted by molar-refractivity contribution is 6.27. The third-order valence-electron chi connectivity index (χ3n) is 6.35. The quantitative estimate of drug-likeness (QED) is 0.296. The number of amides is 3. The number of hydrogen-bond acceptors (Lipinski definition) is 6. The molecule has 3 heterocycles. The van der Waals surface area contributed by atoms with Crippen molar-refractivity contribution in [2.24, 2.45) is 5.73 Å². The highest BCUT2D eigenvalue weighted by Crippen LogP contribution is 2.34. The van der Waals surface area contributed by atoms with Crippen LogP contribution in [0.3, 0.4) is 0 Å². The lowest BCUT2D eigenvalue weighted by Crippen LogP contribution is -2.27. The molecule has 196 valence electrons. The molecule has 39 heavy (non-hydrogen) atoms. The minimum Gasteiger partial charge on any atom is -0.400 e. The van der Waals surface area contributed by atoms with Crippen LogP contribution in [-0.2, 0) is 11.2 Å². The van der Waals surface area contributed by atoms with Gasteiger partial charge in [-0.1, -0.05) is 36.4 Å². The van der Waals surface area contributed by atoms with E-state index >= 15 is 0 Å². The van der Waals surface area contributed by atoms with E-state index in [2.05, 4.69) is 38.1 Å². The van der Waals surface area contributed by atoms with Crippen LogP contribution < -0.4 is 21.7 Å². The summed E-state index contributed by atoms with van der Waals surface area (Å²) in [6.07, 6.45) is 5.66. The van der Waals surface area contributed by atoms with Crippen LogP contribution in [0.4, 0.5) is 21.9 Å². The predicted molar refractivity (Wildman–Crippen MR) is 154 cm³/mol. The predicted octanol–water partition coefficient (Wildman–Crippen LogP) is 4.56. The lowest BCUT2D eigenvalue weighted by Gasteiger charge is -2.23. The van der Waals surface area contributed by atoms with E-state index in [-0.39, 0.29) is 11.9 Å². The van der Waals surface area contributed by atoms with Crippen molar-refractivity contribution in [3.8, 4) is 11.1 Å². The van der Waals surface area contributed by atoms with E-state index < -0.39 is 0 Å². The number of benzene rings is 2. The Morgan fingerprint density at radius 1 is 0.923 bits per heavy atom. The number of carbonyl (C=O) groups excluding carboxylic acids is 2. The first-order chi connectivity index (χ1) is 18.9. The largest absolute Gasteiger partial charge is 0.400 e. The molecular weight excluding hydrogens is 490 g/mol. The zero-order valence-electron chi connectivity index (χ0n) is 21.7. The zero-order valence-corrected chi connectivity index (χ0v) is 21.7. The van der Waals surface area contributed by atoms with Crippen molar-refractivity contribution in [3.63, 3.8) is 0 Å². The number of carbonyl (C=O) groups is 2. The highest BCUT2D eigenvalue weighted by Gasteiger charge is 2.24. The molecule has 0 spiro atoms. The fraction of sp³-hybridized carbons (Fsp3) is 0.133. The molecule has 2 aromatic carbocycles. The van der Waals surface area contributed by atoms with Crippen molar-refractivity contribution >= 4 is 34.6 Å². The number of urea groups is 1. The summed E-state index contributed by atoms with van der Waals surface area (Å²) in [7, 11) is 3.34. The van der Waals surface area contributed by atoms with E-state index in [1.807, 2.05) is 54.6 Å². The van der Waals surface area contributed by atoms with Gasteiger partial charge in [-0.2, -0.15) is 0 Å². The van der Waals surface area contributed by atoms with Gasteiger partial charge in [0.1, 0.15) is 0 Å². The van der Waals surface area contributed by atoms with E-state index in [1.165, 1.54) is 10.5 Å². The van der Waals surface area contributed by atoms with Gasteiger partial charge in [0.2, 0.25) is 0 Å². The van der Waals surface area contributed by atoms with Crippen LogP contribution in [-0.4, -0.2) is 47.4 Å². The van der Waals surface area contributed by atoms with Crippen molar-refractivity contribution in [1.29, 1.82) is 0 Å². The van der Waals surface area contributed by atoms with Gasteiger partial charge in [0.15, 0.2) is 0 Å². The van der Waals surface area contributed by atoms with Crippen LogP contribution in [0.2, 0.25) is 0 Å². The van der Waals surface area contributed by atoms with Gasteiger partial charge in [-0.05, 0) is 41.5 Å². The van der Waals surface area contributed by atoms with Gasteiger partial charge >= 0.3 is 6.03 Å². The molecule has 2 aromatic heterocycles. The van der Waals surface area contributed by atoms with Crippen molar-refractivity contribution in [1.82, 2.24) is 14.9 Å². The summed E-state index contributed by atoms with van der Waals surface area (Å²) >= 11 is 0. The average Bonchev–Trinajstić information content (AvgIpc) is 2.94. The second-order valence-corrected chi connectivity index (χ2v) is 9.46. The Hall–Kier alpha value is -5.18. The molecule has 0 unspecified atom stereocenters. The molecule has 4 aromatic rings. The Morgan fingerprint density at radius 3 is 2.49 bits per heavy atom. The van der Waals surface area contributed by atoms with E-state index in [0.29, 0.717) is 41.2 Å². The molecule has 9 heteroatoms. The number of pyridine rings is 2. The highest BCUT2D eigenvalue weighted by atomic mass is 16.2. The number of rotatable bonds is 6. The summed E-state index contributed by atoms with van der Waals surface area (Å²) in [6.45, 7) is 0.358. The second kappa shape index (κ2) is 11.1. The van der Waals surface area contributed by atoms with Crippen LogP contribution in [0.25, 0.3) is 16.7 Å². The van der Waals surface area contributed by atoms with E-state index in [4.69, 9.17) is 5.73 Å². The van der Waals surface area contributed by atoms with Gasteiger partial charge in [-0.15, -0.1) is 0 Å². The maximum Gasteiger partial charge on any atom is 0.321 e. The third kappa shape index (κ3) is 5.88. The minimum atomic E-state index is -0.310. The van der Waals surface area contributed by atoms with Gasteiger partial charge < -0.3 is 26.6 Å². The Balaban J connectivity index is 1.36. The molecule has 0 aliphatic carbocycles. The maximum absolute atomic E-state index is 13.4. The fourth-order valence-corrected chi connectivity index (χ4v) is 4.31. The second-order valence-electron chi connectivity index (χ2n) is 9.46. The van der Waals surface area contributed by atoms with Gasteiger partial charge in [-0.3, -0.25) is 14.8 Å². The van der Waals surface area contributed by atoms with Crippen LogP contribution in [0.5, 0.6) is 0 Å². The summed E-state index contributed by atoms with van der Waals surface area (Å²) < 4.78 is 0. The van der Waals surface area contributed by atoms with Gasteiger partial charge in [0, 0.05) is 54.9 Å². The first-order valence-corrected chi connectivity index (χ1v) is 12.5. The molecule has 0 saturated carbocycles. The van der Waals surface area contributed by atoms with Crippen LogP contribution in [0.15, 0.2) is 91.0 Å². The fourth-order valence-electron chi connectivity index (χ4n) is 4.31. The van der Waals surface area contributed by atoms with Crippen molar-refractivity contribution < 1.29 is 9.59 Å². The maximum atomic E-state index is 13.4. The van der Waals surface area contributed by atoms with E-state index in [0.717, 1.165) is 22.5 Å². The Bertz CT molecular complexity index is 1550. The summed E-state index contributed by atoms with van der Waals surface area (Å²) in [5, 5.41) is 9.02. The summed E-state index contributed by atoms with van der Waals surface area (Å²) in [4.78, 5) is 35.7. The summed E-state index contributed by atoms with van der Waals surface area (Å²) in [5.74, 6) is -0.310. The van der Waals surface area contributed by atoms with Crippen molar-refractivity contribution in [2.75, 3.05) is 36.6 Å². The summed E-state index contributed by atoms with van der Waals surface area (Å²) in [6, 6.07) is 21.2. The molecule has 1 aliphatic rings. The Kier molecular flexibility index (Phi) is 7.22. The smallest absolute Gasteiger partial charge is 0.321 e. The van der Waals surface area contributed by atoms with Crippen molar-refractivity contribution in [2.45, 2.75) is 6.42 Å². The summed E-state index contributed by atoms with van der Waals surface area (Å²) in [5.41, 5.74) is 13.5. The van der Waals surface area contributed by atoms with Crippen LogP contribution >= 0.6 is 0 Å². The average molecular weight is 520 g/mol. The zero-order chi connectivity index (χ0) is 27.4. The number of aromatic nitrogens is 2. The first kappa shape index (κ1) is 25.5. The lowest BCUT2D eigenvalue weighted by atomic mass is 9.93. The number of fused-ring (bicyclic) bond motifs is 1. The minimum absolute atomic E-state index is 0.249. The van der Waals surface area contributed by atoms with E-state index in [1.54, 1.807) is 32.7 Å². The van der Waals surface area contributed by atoms with Crippen molar-refractivity contribution in [3.05, 3.63) is 108 Å². The molecule has 1 aliphatic heterocycles. The molecule has 0 radical (unpaired) electrons. The SMILES string of the molecule is CN(C)C(=O)Nc1cncc(-c2ccc3c(c2)C(C(=O)Nc2ccc(Cc4ccccc4)nc2)=C(N)CN3)c1.